The van der Waals surface area contributed by atoms with E-state index in [9.17, 15) is 0 Å². The molecule has 0 radical (unpaired) electrons. The average molecular weight is 499 g/mol. The minimum Gasteiger partial charge on any atom is -0.0654 e. The molecule has 0 aromatic carbocycles. The summed E-state index contributed by atoms with van der Waals surface area (Å²) in [5.41, 5.74) is 0. The first-order valence-corrected chi connectivity index (χ1v) is 17.5. The number of rotatable bonds is 8. The minimum atomic E-state index is 1.00. The summed E-state index contributed by atoms with van der Waals surface area (Å²) in [6.45, 7) is 12.4. The zero-order chi connectivity index (χ0) is 25.9. The quantitative estimate of drug-likeness (QED) is 0.292. The van der Waals surface area contributed by atoms with Crippen LogP contribution in [-0.4, -0.2) is 7.85 Å². The molecule has 4 saturated carbocycles. The number of hydrogen-bond donors (Lipinski definition) is 0. The van der Waals surface area contributed by atoms with Crippen molar-refractivity contribution < 1.29 is 0 Å². The van der Waals surface area contributed by atoms with Gasteiger partial charge in [-0.1, -0.05) is 150 Å². The first-order valence-electron chi connectivity index (χ1n) is 17.5. The van der Waals surface area contributed by atoms with Crippen LogP contribution in [0.25, 0.3) is 0 Å². The van der Waals surface area contributed by atoms with Gasteiger partial charge in [0.15, 0.2) is 0 Å². The highest BCUT2D eigenvalue weighted by Crippen LogP contribution is 2.56. The fraction of sp³-hybridized carbons (Fsp3) is 1.00. The molecule has 0 nitrogen and oxygen atoms in total. The molecule has 2 bridgehead atoms. The van der Waals surface area contributed by atoms with Gasteiger partial charge >= 0.3 is 0 Å². The van der Waals surface area contributed by atoms with Crippen LogP contribution in [0.2, 0.25) is 5.82 Å². The highest BCUT2D eigenvalue weighted by molar-refractivity contribution is 6.12. The van der Waals surface area contributed by atoms with Gasteiger partial charge in [0, 0.05) is 0 Å². The zero-order valence-corrected chi connectivity index (χ0v) is 25.9. The van der Waals surface area contributed by atoms with Gasteiger partial charge in [-0.3, -0.25) is 0 Å². The molecule has 10 atom stereocenters. The Labute approximate surface area is 229 Å². The van der Waals surface area contributed by atoms with E-state index < -0.39 is 0 Å². The van der Waals surface area contributed by atoms with Crippen molar-refractivity contribution in [1.82, 2.24) is 0 Å². The lowest BCUT2D eigenvalue weighted by atomic mass is 9.46. The molecular weight excluding hydrogens is 431 g/mol. The van der Waals surface area contributed by atoms with Gasteiger partial charge in [0.1, 0.15) is 7.85 Å². The third kappa shape index (κ3) is 8.04. The van der Waals surface area contributed by atoms with Gasteiger partial charge in [-0.2, -0.15) is 0 Å². The SMILES string of the molecule is BC1C(CCC)C2CCCCC3C(C)C(CCC(CCC)CCCCC(CCC)CCC12)C3CCC. The Bertz CT molecular complexity index is 571. The summed E-state index contributed by atoms with van der Waals surface area (Å²) in [6.07, 6.45) is 30.0. The molecule has 36 heavy (non-hydrogen) atoms. The Balaban J connectivity index is 1.66. The first kappa shape index (κ1) is 30.6. The van der Waals surface area contributed by atoms with Crippen molar-refractivity contribution in [3.63, 3.8) is 0 Å². The maximum Gasteiger partial charge on any atom is 0.106 e. The fourth-order valence-corrected chi connectivity index (χ4v) is 10.1. The van der Waals surface area contributed by atoms with Gasteiger partial charge in [-0.25, -0.2) is 0 Å². The van der Waals surface area contributed by atoms with Crippen molar-refractivity contribution >= 4 is 7.85 Å². The van der Waals surface area contributed by atoms with E-state index in [-0.39, 0.29) is 0 Å². The van der Waals surface area contributed by atoms with Crippen LogP contribution < -0.4 is 0 Å². The van der Waals surface area contributed by atoms with Crippen LogP contribution >= 0.6 is 0 Å². The molecule has 4 rings (SSSR count). The van der Waals surface area contributed by atoms with Gasteiger partial charge < -0.3 is 0 Å². The average Bonchev–Trinajstić information content (AvgIpc) is 2.87. The second-order valence-electron chi connectivity index (χ2n) is 14.3. The largest absolute Gasteiger partial charge is 0.106 e. The summed E-state index contributed by atoms with van der Waals surface area (Å²) in [7, 11) is 2.63. The van der Waals surface area contributed by atoms with E-state index in [1.807, 2.05) is 0 Å². The van der Waals surface area contributed by atoms with E-state index in [4.69, 9.17) is 0 Å². The maximum atomic E-state index is 2.65. The van der Waals surface area contributed by atoms with Gasteiger partial charge in [-0.15, -0.1) is 0 Å². The van der Waals surface area contributed by atoms with Crippen molar-refractivity contribution in [2.75, 3.05) is 0 Å². The monoisotopic (exact) mass is 499 g/mol. The lowest BCUT2D eigenvalue weighted by Crippen LogP contribution is -2.45. The molecule has 0 aromatic rings. The van der Waals surface area contributed by atoms with Crippen LogP contribution in [-0.2, 0) is 0 Å². The molecule has 0 aromatic heterocycles. The van der Waals surface area contributed by atoms with E-state index in [0.29, 0.717) is 0 Å². The lowest BCUT2D eigenvalue weighted by molar-refractivity contribution is -0.0333. The molecule has 4 aliphatic carbocycles. The van der Waals surface area contributed by atoms with E-state index in [0.717, 1.165) is 59.1 Å². The molecule has 0 spiro atoms. The summed E-state index contributed by atoms with van der Waals surface area (Å²) in [4.78, 5) is 0. The number of hydrogen-bond acceptors (Lipinski definition) is 0. The highest BCUT2D eigenvalue weighted by atomic mass is 14.5. The molecule has 0 heterocycles. The van der Waals surface area contributed by atoms with Crippen LogP contribution in [0.3, 0.4) is 0 Å². The molecule has 0 amide bonds. The van der Waals surface area contributed by atoms with Crippen LogP contribution in [0.15, 0.2) is 0 Å². The fourth-order valence-electron chi connectivity index (χ4n) is 10.1. The Morgan fingerprint density at radius 3 is 1.47 bits per heavy atom. The second kappa shape index (κ2) is 16.2. The normalized spacial score (nSPS) is 41.1. The van der Waals surface area contributed by atoms with E-state index in [1.54, 1.807) is 25.7 Å². The summed E-state index contributed by atoms with van der Waals surface area (Å²) in [5, 5.41) is 0. The van der Waals surface area contributed by atoms with Crippen LogP contribution in [0.5, 0.6) is 0 Å². The summed E-state index contributed by atoms with van der Waals surface area (Å²) in [5.74, 6) is 10.4. The van der Waals surface area contributed by atoms with Crippen molar-refractivity contribution in [2.24, 2.45) is 53.3 Å². The molecular formula is C35H67B. The smallest absolute Gasteiger partial charge is 0.0654 e. The first-order chi connectivity index (χ1) is 17.5. The van der Waals surface area contributed by atoms with E-state index in [1.165, 1.54) is 103 Å². The lowest BCUT2D eigenvalue weighted by Gasteiger charge is -2.53. The Hall–Kier alpha value is 0.0649. The van der Waals surface area contributed by atoms with Crippen molar-refractivity contribution in [2.45, 2.75) is 169 Å². The van der Waals surface area contributed by atoms with E-state index >= 15 is 0 Å². The third-order valence-corrected chi connectivity index (χ3v) is 12.2. The summed E-state index contributed by atoms with van der Waals surface area (Å²) < 4.78 is 0. The summed E-state index contributed by atoms with van der Waals surface area (Å²) >= 11 is 0. The van der Waals surface area contributed by atoms with Crippen LogP contribution in [0.1, 0.15) is 163 Å². The number of fused-ring (bicyclic) bond motifs is 12. The molecule has 4 aliphatic rings. The standard InChI is InChI=1S/C35H67B/c1-6-14-27-18-10-11-19-28(15-7-2)23-25-34-32(33(17-9-4)35(34)36)21-13-12-20-29-26(5)30(24-22-27)31(29)16-8-3/h26-35H,6-25,36H2,1-5H3. The minimum absolute atomic E-state index is 1.00. The molecule has 1 heteroatoms. The van der Waals surface area contributed by atoms with Gasteiger partial charge in [0.05, 0.1) is 0 Å². The Kier molecular flexibility index (Phi) is 13.8. The van der Waals surface area contributed by atoms with Crippen molar-refractivity contribution in [3.8, 4) is 0 Å². The molecule has 0 N–H and O–H groups in total. The Morgan fingerprint density at radius 1 is 0.472 bits per heavy atom. The van der Waals surface area contributed by atoms with Gasteiger partial charge in [0.2, 0.25) is 0 Å². The van der Waals surface area contributed by atoms with Gasteiger partial charge in [-0.05, 0) is 72.5 Å². The predicted molar refractivity (Wildman–Crippen MR) is 164 cm³/mol. The zero-order valence-electron chi connectivity index (χ0n) is 25.9. The highest BCUT2D eigenvalue weighted by Gasteiger charge is 2.47. The predicted octanol–water partition coefficient (Wildman–Crippen LogP) is 10.9. The topological polar surface area (TPSA) is 0 Å². The van der Waals surface area contributed by atoms with Crippen LogP contribution in [0, 0.1) is 53.3 Å². The Morgan fingerprint density at radius 2 is 0.917 bits per heavy atom. The van der Waals surface area contributed by atoms with E-state index in [2.05, 4.69) is 42.5 Å². The third-order valence-electron chi connectivity index (χ3n) is 12.2. The molecule has 10 unspecified atom stereocenters. The van der Waals surface area contributed by atoms with Gasteiger partial charge in [0.25, 0.3) is 0 Å². The van der Waals surface area contributed by atoms with Crippen molar-refractivity contribution in [1.29, 1.82) is 0 Å². The second-order valence-corrected chi connectivity index (χ2v) is 14.3. The summed E-state index contributed by atoms with van der Waals surface area (Å²) in [6, 6.07) is 0. The molecule has 210 valence electrons. The molecule has 0 aliphatic heterocycles. The van der Waals surface area contributed by atoms with Crippen molar-refractivity contribution in [3.05, 3.63) is 0 Å². The molecule has 4 fully saturated rings. The molecule has 0 saturated heterocycles. The van der Waals surface area contributed by atoms with Crippen LogP contribution in [0.4, 0.5) is 0 Å². The maximum absolute atomic E-state index is 2.65.